The van der Waals surface area contributed by atoms with Crippen molar-refractivity contribution in [3.63, 3.8) is 0 Å². The summed E-state index contributed by atoms with van der Waals surface area (Å²) in [7, 11) is 0. The van der Waals surface area contributed by atoms with E-state index >= 15 is 0 Å². The molecule has 0 saturated carbocycles. The van der Waals surface area contributed by atoms with Crippen molar-refractivity contribution in [3.8, 4) is 0 Å². The van der Waals surface area contributed by atoms with E-state index in [4.69, 9.17) is 0 Å². The van der Waals surface area contributed by atoms with Crippen molar-refractivity contribution in [2.24, 2.45) is 0 Å². The maximum absolute atomic E-state index is 3.22. The minimum atomic E-state index is 0.896. The van der Waals surface area contributed by atoms with Crippen molar-refractivity contribution >= 4 is 0 Å². The smallest absolute Gasteiger partial charge is 0.0351 e. The van der Waals surface area contributed by atoms with E-state index < -0.39 is 0 Å². The first-order valence-electron chi connectivity index (χ1n) is 5.43. The fourth-order valence-corrected chi connectivity index (χ4v) is 1.31. The summed E-state index contributed by atoms with van der Waals surface area (Å²) in [5.74, 6) is 0. The number of hydrogen-bond acceptors (Lipinski definition) is 2. The van der Waals surface area contributed by atoms with E-state index in [9.17, 15) is 0 Å². The van der Waals surface area contributed by atoms with Crippen molar-refractivity contribution in [3.05, 3.63) is 35.9 Å². The van der Waals surface area contributed by atoms with Gasteiger partial charge >= 0.3 is 0 Å². The van der Waals surface area contributed by atoms with Crippen LogP contribution in [0.1, 0.15) is 31.7 Å². The lowest BCUT2D eigenvalue weighted by atomic mass is 10.2. The summed E-state index contributed by atoms with van der Waals surface area (Å²) in [6.07, 6.45) is 3.83. The molecule has 1 aromatic carbocycles. The van der Waals surface area contributed by atoms with Gasteiger partial charge in [0.15, 0.2) is 0 Å². The second kappa shape index (κ2) is 7.54. The number of benzene rings is 1. The van der Waals surface area contributed by atoms with Crippen LogP contribution < -0.4 is 10.9 Å². The first kappa shape index (κ1) is 11.2. The van der Waals surface area contributed by atoms with Crippen LogP contribution in [-0.4, -0.2) is 6.54 Å². The summed E-state index contributed by atoms with van der Waals surface area (Å²) >= 11 is 0. The van der Waals surface area contributed by atoms with Gasteiger partial charge in [0.25, 0.3) is 0 Å². The Bertz CT molecular complexity index is 221. The lowest BCUT2D eigenvalue weighted by Gasteiger charge is -2.06. The lowest BCUT2D eigenvalue weighted by Crippen LogP contribution is -2.31. The molecule has 0 radical (unpaired) electrons. The highest BCUT2D eigenvalue weighted by atomic mass is 15.3. The third-order valence-electron chi connectivity index (χ3n) is 2.17. The average molecular weight is 192 g/mol. The monoisotopic (exact) mass is 192 g/mol. The standard InChI is InChI=1S/C12H20N2/c1-2-3-7-10-13-14-11-12-8-5-4-6-9-12/h4-6,8-9,13-14H,2-3,7,10-11H2,1H3. The lowest BCUT2D eigenvalue weighted by molar-refractivity contribution is 0.509. The molecule has 0 aliphatic rings. The Morgan fingerprint density at radius 3 is 2.50 bits per heavy atom. The quantitative estimate of drug-likeness (QED) is 0.512. The Balaban J connectivity index is 1.99. The van der Waals surface area contributed by atoms with Crippen LogP contribution in [0.2, 0.25) is 0 Å². The zero-order valence-corrected chi connectivity index (χ0v) is 8.92. The fourth-order valence-electron chi connectivity index (χ4n) is 1.31. The highest BCUT2D eigenvalue weighted by Crippen LogP contribution is 1.96. The average Bonchev–Trinajstić information content (AvgIpc) is 2.25. The molecule has 0 atom stereocenters. The molecule has 1 aromatic rings. The number of nitrogens with one attached hydrogen (secondary N) is 2. The molecule has 0 aliphatic heterocycles. The molecular weight excluding hydrogens is 172 g/mol. The van der Waals surface area contributed by atoms with Crippen molar-refractivity contribution in [2.75, 3.05) is 6.54 Å². The summed E-state index contributed by atoms with van der Waals surface area (Å²) in [5, 5.41) is 0. The summed E-state index contributed by atoms with van der Waals surface area (Å²) in [6.45, 7) is 4.17. The number of rotatable bonds is 7. The van der Waals surface area contributed by atoms with E-state index in [1.54, 1.807) is 0 Å². The number of hydrogen-bond donors (Lipinski definition) is 2. The molecule has 0 unspecified atom stereocenters. The molecule has 0 bridgehead atoms. The SMILES string of the molecule is CCCCCNNCc1ccccc1. The van der Waals surface area contributed by atoms with Crippen molar-refractivity contribution in [1.29, 1.82) is 0 Å². The van der Waals surface area contributed by atoms with Crippen LogP contribution in [0.3, 0.4) is 0 Å². The van der Waals surface area contributed by atoms with E-state index in [1.165, 1.54) is 24.8 Å². The first-order chi connectivity index (χ1) is 6.93. The van der Waals surface area contributed by atoms with Gasteiger partial charge in [0, 0.05) is 13.1 Å². The number of unbranched alkanes of at least 4 members (excludes halogenated alkanes) is 2. The van der Waals surface area contributed by atoms with E-state index in [2.05, 4.69) is 42.0 Å². The highest BCUT2D eigenvalue weighted by Gasteiger charge is 1.89. The van der Waals surface area contributed by atoms with Gasteiger partial charge < -0.3 is 0 Å². The molecule has 2 nitrogen and oxygen atoms in total. The largest absolute Gasteiger partial charge is 0.258 e. The van der Waals surface area contributed by atoms with Crippen LogP contribution in [0.15, 0.2) is 30.3 Å². The second-order valence-corrected chi connectivity index (χ2v) is 3.47. The molecule has 78 valence electrons. The Kier molecular flexibility index (Phi) is 6.04. The summed E-state index contributed by atoms with van der Waals surface area (Å²) in [6, 6.07) is 10.4. The van der Waals surface area contributed by atoms with Crippen molar-refractivity contribution in [1.82, 2.24) is 10.9 Å². The zero-order chi connectivity index (χ0) is 10.1. The predicted octanol–water partition coefficient (Wildman–Crippen LogP) is 2.47. The van der Waals surface area contributed by atoms with Gasteiger partial charge in [-0.1, -0.05) is 50.1 Å². The normalized spacial score (nSPS) is 10.4. The predicted molar refractivity (Wildman–Crippen MR) is 60.8 cm³/mol. The molecule has 0 heterocycles. The van der Waals surface area contributed by atoms with Gasteiger partial charge in [0.1, 0.15) is 0 Å². The Morgan fingerprint density at radius 1 is 1.00 bits per heavy atom. The zero-order valence-electron chi connectivity index (χ0n) is 8.92. The van der Waals surface area contributed by atoms with Gasteiger partial charge in [-0.2, -0.15) is 0 Å². The van der Waals surface area contributed by atoms with Gasteiger partial charge in [0.05, 0.1) is 0 Å². The highest BCUT2D eigenvalue weighted by molar-refractivity contribution is 5.13. The van der Waals surface area contributed by atoms with E-state index in [0.717, 1.165) is 13.1 Å². The molecule has 2 heteroatoms. The second-order valence-electron chi connectivity index (χ2n) is 3.47. The molecule has 0 fully saturated rings. The molecule has 0 aliphatic carbocycles. The van der Waals surface area contributed by atoms with Crippen LogP contribution in [0.4, 0.5) is 0 Å². The molecule has 0 saturated heterocycles. The number of hydrazine groups is 1. The van der Waals surface area contributed by atoms with Gasteiger partial charge in [-0.05, 0) is 12.0 Å². The van der Waals surface area contributed by atoms with Crippen LogP contribution in [-0.2, 0) is 6.54 Å². The maximum Gasteiger partial charge on any atom is 0.0351 e. The van der Waals surface area contributed by atoms with E-state index in [-0.39, 0.29) is 0 Å². The summed E-state index contributed by atoms with van der Waals surface area (Å²) in [4.78, 5) is 0. The summed E-state index contributed by atoms with van der Waals surface area (Å²) < 4.78 is 0. The summed E-state index contributed by atoms with van der Waals surface area (Å²) in [5.41, 5.74) is 7.74. The molecule has 2 N–H and O–H groups in total. The van der Waals surface area contributed by atoms with Gasteiger partial charge in [-0.3, -0.25) is 10.9 Å². The van der Waals surface area contributed by atoms with Crippen LogP contribution >= 0.6 is 0 Å². The Morgan fingerprint density at radius 2 is 1.79 bits per heavy atom. The molecule has 0 spiro atoms. The third-order valence-corrected chi connectivity index (χ3v) is 2.17. The minimum absolute atomic E-state index is 0.896. The van der Waals surface area contributed by atoms with Gasteiger partial charge in [-0.25, -0.2) is 0 Å². The van der Waals surface area contributed by atoms with E-state index in [1.807, 2.05) is 6.07 Å². The van der Waals surface area contributed by atoms with Crippen LogP contribution in [0.25, 0.3) is 0 Å². The molecule has 0 aromatic heterocycles. The van der Waals surface area contributed by atoms with Crippen LogP contribution in [0.5, 0.6) is 0 Å². The maximum atomic E-state index is 3.22. The first-order valence-corrected chi connectivity index (χ1v) is 5.43. The van der Waals surface area contributed by atoms with E-state index in [0.29, 0.717) is 0 Å². The third kappa shape index (κ3) is 5.00. The van der Waals surface area contributed by atoms with Crippen LogP contribution in [0, 0.1) is 0 Å². The van der Waals surface area contributed by atoms with Gasteiger partial charge in [-0.15, -0.1) is 0 Å². The molecule has 0 amide bonds. The Labute approximate surface area is 86.7 Å². The topological polar surface area (TPSA) is 24.1 Å². The fraction of sp³-hybridized carbons (Fsp3) is 0.500. The van der Waals surface area contributed by atoms with Gasteiger partial charge in [0.2, 0.25) is 0 Å². The Hall–Kier alpha value is -0.860. The minimum Gasteiger partial charge on any atom is -0.258 e. The van der Waals surface area contributed by atoms with Crippen molar-refractivity contribution < 1.29 is 0 Å². The molecule has 1 rings (SSSR count). The molecular formula is C12H20N2. The van der Waals surface area contributed by atoms with Crippen molar-refractivity contribution in [2.45, 2.75) is 32.7 Å². The molecule has 14 heavy (non-hydrogen) atoms.